The largest absolute Gasteiger partial charge is 0.357 e. The molecule has 0 aliphatic carbocycles. The van der Waals surface area contributed by atoms with Crippen LogP contribution in [0.1, 0.15) is 27.7 Å². The molecule has 5 nitrogen and oxygen atoms in total. The molecule has 0 radical (unpaired) electrons. The number of rotatable bonds is 6. The predicted octanol–water partition coefficient (Wildman–Crippen LogP) is 3.47. The van der Waals surface area contributed by atoms with Gasteiger partial charge in [0.1, 0.15) is 0 Å². The van der Waals surface area contributed by atoms with E-state index in [1.54, 1.807) is 30.3 Å². The highest BCUT2D eigenvalue weighted by molar-refractivity contribution is 9.11. The second-order valence-corrected chi connectivity index (χ2v) is 8.20. The average molecular weight is 423 g/mol. The zero-order valence-corrected chi connectivity index (χ0v) is 17.1. The molecular weight excluding hydrogens is 400 g/mol. The van der Waals surface area contributed by atoms with E-state index in [0.717, 1.165) is 28.4 Å². The fraction of sp³-hybridized carbons (Fsp3) is 0.333. The quantitative estimate of drug-likeness (QED) is 0.553. The van der Waals surface area contributed by atoms with Gasteiger partial charge in [0.25, 0.3) is 5.91 Å². The minimum absolute atomic E-state index is 0.00663. The molecule has 0 atom stereocenters. The van der Waals surface area contributed by atoms with Gasteiger partial charge in [0.2, 0.25) is 0 Å². The molecule has 7 heteroatoms. The van der Waals surface area contributed by atoms with Gasteiger partial charge in [-0.3, -0.25) is 4.79 Å². The van der Waals surface area contributed by atoms with E-state index in [-0.39, 0.29) is 5.91 Å². The fourth-order valence-corrected chi connectivity index (χ4v) is 3.56. The van der Waals surface area contributed by atoms with Gasteiger partial charge in [0.15, 0.2) is 5.96 Å². The van der Waals surface area contributed by atoms with E-state index in [1.807, 2.05) is 37.3 Å². The summed E-state index contributed by atoms with van der Waals surface area (Å²) in [7, 11) is 3.50. The first-order chi connectivity index (χ1) is 12.0. The summed E-state index contributed by atoms with van der Waals surface area (Å²) in [6, 6.07) is 11.7. The van der Waals surface area contributed by atoms with Crippen LogP contribution >= 0.6 is 27.3 Å². The lowest BCUT2D eigenvalue weighted by Crippen LogP contribution is -2.36. The number of carbonyl (C=O) groups excluding carboxylic acids is 1. The Kier molecular flexibility index (Phi) is 7.46. The number of halogens is 1. The van der Waals surface area contributed by atoms with Crippen molar-refractivity contribution in [2.24, 2.45) is 4.99 Å². The summed E-state index contributed by atoms with van der Waals surface area (Å²) in [6.45, 7) is 4.13. The maximum absolute atomic E-state index is 11.9. The number of thiophene rings is 1. The average Bonchev–Trinajstić information content (AvgIpc) is 3.02. The van der Waals surface area contributed by atoms with Crippen molar-refractivity contribution in [3.8, 4) is 0 Å². The van der Waals surface area contributed by atoms with Crippen molar-refractivity contribution in [2.75, 3.05) is 20.6 Å². The molecule has 0 unspecified atom stereocenters. The molecule has 1 aromatic heterocycles. The highest BCUT2D eigenvalue weighted by Gasteiger charge is 2.07. The van der Waals surface area contributed by atoms with E-state index in [9.17, 15) is 4.79 Å². The van der Waals surface area contributed by atoms with Crippen LogP contribution in [0.15, 0.2) is 45.2 Å². The summed E-state index contributed by atoms with van der Waals surface area (Å²) >= 11 is 5.18. The summed E-state index contributed by atoms with van der Waals surface area (Å²) in [5, 5.41) is 6.58. The molecule has 2 rings (SSSR count). The van der Waals surface area contributed by atoms with E-state index in [4.69, 9.17) is 0 Å². The Hall–Kier alpha value is -1.86. The van der Waals surface area contributed by atoms with Gasteiger partial charge in [-0.2, -0.15) is 0 Å². The Morgan fingerprint density at radius 2 is 1.88 bits per heavy atom. The molecule has 1 heterocycles. The normalized spacial score (nSPS) is 11.3. The smallest absolute Gasteiger partial charge is 0.253 e. The Balaban J connectivity index is 1.96. The summed E-state index contributed by atoms with van der Waals surface area (Å²) in [5.41, 5.74) is 1.75. The number of amides is 1. The third-order valence-corrected chi connectivity index (χ3v) is 5.05. The molecule has 0 aliphatic heterocycles. The van der Waals surface area contributed by atoms with Crippen molar-refractivity contribution in [3.05, 3.63) is 56.2 Å². The SMILES string of the molecule is CCNC(=NCc1ccc(C(=O)N(C)C)cc1)NCc1ccc(Br)s1. The second-order valence-electron chi connectivity index (χ2n) is 5.65. The third-order valence-electron chi connectivity index (χ3n) is 3.43. The second kappa shape index (κ2) is 9.58. The zero-order chi connectivity index (χ0) is 18.2. The summed E-state index contributed by atoms with van der Waals surface area (Å²) in [6.07, 6.45) is 0. The maximum Gasteiger partial charge on any atom is 0.253 e. The van der Waals surface area contributed by atoms with E-state index in [1.165, 1.54) is 4.88 Å². The molecule has 2 aromatic rings. The van der Waals surface area contributed by atoms with Crippen LogP contribution in [-0.2, 0) is 13.1 Å². The van der Waals surface area contributed by atoms with Crippen LogP contribution in [0, 0.1) is 0 Å². The maximum atomic E-state index is 11.9. The zero-order valence-electron chi connectivity index (χ0n) is 14.7. The highest BCUT2D eigenvalue weighted by Crippen LogP contribution is 2.21. The van der Waals surface area contributed by atoms with Gasteiger partial charge in [-0.15, -0.1) is 11.3 Å². The molecule has 2 N–H and O–H groups in total. The van der Waals surface area contributed by atoms with Crippen LogP contribution in [0.5, 0.6) is 0 Å². The van der Waals surface area contributed by atoms with Crippen LogP contribution in [0.3, 0.4) is 0 Å². The van der Waals surface area contributed by atoms with Crippen molar-refractivity contribution in [1.82, 2.24) is 15.5 Å². The number of hydrogen-bond donors (Lipinski definition) is 2. The van der Waals surface area contributed by atoms with Crippen molar-refractivity contribution >= 4 is 39.1 Å². The summed E-state index contributed by atoms with van der Waals surface area (Å²) < 4.78 is 1.12. The molecular formula is C18H23BrN4OS. The number of aliphatic imine (C=N–C) groups is 1. The lowest BCUT2D eigenvalue weighted by Gasteiger charge is -2.11. The number of benzene rings is 1. The molecule has 1 aromatic carbocycles. The molecule has 0 spiro atoms. The first-order valence-electron chi connectivity index (χ1n) is 8.06. The Bertz CT molecular complexity index is 725. The van der Waals surface area contributed by atoms with Crippen LogP contribution in [-0.4, -0.2) is 37.4 Å². The molecule has 0 bridgehead atoms. The van der Waals surface area contributed by atoms with Crippen molar-refractivity contribution in [2.45, 2.75) is 20.0 Å². The van der Waals surface area contributed by atoms with Crippen molar-refractivity contribution in [3.63, 3.8) is 0 Å². The Morgan fingerprint density at radius 1 is 1.16 bits per heavy atom. The van der Waals surface area contributed by atoms with Crippen LogP contribution in [0.2, 0.25) is 0 Å². The fourth-order valence-electron chi connectivity index (χ4n) is 2.14. The molecule has 0 saturated heterocycles. The molecule has 134 valence electrons. The number of carbonyl (C=O) groups is 1. The molecule has 0 fully saturated rings. The van der Waals surface area contributed by atoms with Crippen molar-refractivity contribution < 1.29 is 4.79 Å². The van der Waals surface area contributed by atoms with Crippen LogP contribution in [0.25, 0.3) is 0 Å². The minimum atomic E-state index is 0.00663. The number of hydrogen-bond acceptors (Lipinski definition) is 3. The minimum Gasteiger partial charge on any atom is -0.357 e. The first kappa shape index (κ1) is 19.5. The lowest BCUT2D eigenvalue weighted by atomic mass is 10.1. The van der Waals surface area contributed by atoms with Crippen LogP contribution in [0.4, 0.5) is 0 Å². The van der Waals surface area contributed by atoms with Gasteiger partial charge in [-0.1, -0.05) is 12.1 Å². The number of guanidine groups is 1. The van der Waals surface area contributed by atoms with Gasteiger partial charge in [0.05, 0.1) is 16.9 Å². The highest BCUT2D eigenvalue weighted by atomic mass is 79.9. The van der Waals surface area contributed by atoms with Gasteiger partial charge in [-0.05, 0) is 52.7 Å². The Labute approximate surface area is 161 Å². The standard InChI is InChI=1S/C18H23BrN4OS/c1-4-20-18(22-12-15-9-10-16(19)25-15)21-11-13-5-7-14(8-6-13)17(24)23(2)3/h5-10H,4,11-12H2,1-3H3,(H2,20,21,22). The van der Waals surface area contributed by atoms with Crippen LogP contribution < -0.4 is 10.6 Å². The third kappa shape index (κ3) is 6.17. The summed E-state index contributed by atoms with van der Waals surface area (Å²) in [4.78, 5) is 19.3. The molecule has 25 heavy (non-hydrogen) atoms. The molecule has 0 aliphatic rings. The molecule has 1 amide bonds. The van der Waals surface area contributed by atoms with E-state index < -0.39 is 0 Å². The molecule has 0 saturated carbocycles. The van der Waals surface area contributed by atoms with Crippen molar-refractivity contribution in [1.29, 1.82) is 0 Å². The van der Waals surface area contributed by atoms with Gasteiger partial charge in [-0.25, -0.2) is 4.99 Å². The lowest BCUT2D eigenvalue weighted by molar-refractivity contribution is 0.0827. The topological polar surface area (TPSA) is 56.7 Å². The monoisotopic (exact) mass is 422 g/mol. The van der Waals surface area contributed by atoms with E-state index in [0.29, 0.717) is 12.1 Å². The number of nitrogens with one attached hydrogen (secondary N) is 2. The van der Waals surface area contributed by atoms with Gasteiger partial charge >= 0.3 is 0 Å². The predicted molar refractivity (Wildman–Crippen MR) is 108 cm³/mol. The number of nitrogens with zero attached hydrogens (tertiary/aromatic N) is 2. The Morgan fingerprint density at radius 3 is 2.44 bits per heavy atom. The first-order valence-corrected chi connectivity index (χ1v) is 9.67. The summed E-state index contributed by atoms with van der Waals surface area (Å²) in [5.74, 6) is 0.785. The van der Waals surface area contributed by atoms with E-state index in [2.05, 4.69) is 37.6 Å². The van der Waals surface area contributed by atoms with E-state index >= 15 is 0 Å². The van der Waals surface area contributed by atoms with Gasteiger partial charge in [0, 0.05) is 31.1 Å². The van der Waals surface area contributed by atoms with Gasteiger partial charge < -0.3 is 15.5 Å².